The smallest absolute Gasteiger partial charge is 0.253 e. The van der Waals surface area contributed by atoms with Gasteiger partial charge in [0.25, 0.3) is 5.91 Å². The number of allylic oxidation sites excluding steroid dienone is 1. The average Bonchev–Trinajstić information content (AvgIpc) is 2.47. The van der Waals surface area contributed by atoms with Crippen LogP contribution in [0.5, 0.6) is 5.75 Å². The van der Waals surface area contributed by atoms with E-state index < -0.39 is 6.10 Å². The van der Waals surface area contributed by atoms with Crippen molar-refractivity contribution in [3.8, 4) is 5.75 Å². The summed E-state index contributed by atoms with van der Waals surface area (Å²) in [6, 6.07) is 7.05. The Morgan fingerprint density at radius 1 is 1.47 bits per heavy atom. The van der Waals surface area contributed by atoms with Crippen molar-refractivity contribution in [3.63, 3.8) is 0 Å². The highest BCUT2D eigenvalue weighted by atomic mass is 16.5. The van der Waals surface area contributed by atoms with Gasteiger partial charge < -0.3 is 15.2 Å². The highest BCUT2D eigenvalue weighted by Crippen LogP contribution is 2.20. The molecule has 102 valence electrons. The number of ether oxygens (including phenoxy) is 1. The van der Waals surface area contributed by atoms with Crippen molar-refractivity contribution in [1.29, 1.82) is 0 Å². The molecular formula is C15H19NO3. The summed E-state index contributed by atoms with van der Waals surface area (Å²) in [5.41, 5.74) is 0.545. The van der Waals surface area contributed by atoms with Gasteiger partial charge in [-0.05, 0) is 37.0 Å². The first-order chi connectivity index (χ1) is 9.20. The van der Waals surface area contributed by atoms with Gasteiger partial charge >= 0.3 is 0 Å². The molecule has 4 nitrogen and oxygen atoms in total. The van der Waals surface area contributed by atoms with Crippen LogP contribution in [0.15, 0.2) is 36.4 Å². The van der Waals surface area contributed by atoms with Gasteiger partial charge in [-0.25, -0.2) is 0 Å². The number of nitrogens with one attached hydrogen (secondary N) is 1. The summed E-state index contributed by atoms with van der Waals surface area (Å²) in [5.74, 6) is 0.276. The molecule has 0 bridgehead atoms. The van der Waals surface area contributed by atoms with E-state index in [1.807, 2.05) is 0 Å². The van der Waals surface area contributed by atoms with Crippen molar-refractivity contribution < 1.29 is 14.6 Å². The second-order valence-corrected chi connectivity index (χ2v) is 4.67. The number of aliphatic hydroxyl groups is 1. The van der Waals surface area contributed by atoms with Gasteiger partial charge in [0, 0.05) is 6.04 Å². The Morgan fingerprint density at radius 3 is 3.00 bits per heavy atom. The molecular weight excluding hydrogens is 242 g/mol. The van der Waals surface area contributed by atoms with Crippen molar-refractivity contribution in [2.45, 2.75) is 31.4 Å². The standard InChI is InChI=1S/C15H19NO3/c1-19-13-9-5-6-11(10-13)14(17)15(18)16-12-7-3-2-4-8-12/h2-3,5-6,9-10,12,14,17H,4,7-8H2,1H3,(H,16,18). The quantitative estimate of drug-likeness (QED) is 0.814. The Hall–Kier alpha value is -1.81. The summed E-state index contributed by atoms with van der Waals surface area (Å²) in [7, 11) is 1.56. The fourth-order valence-corrected chi connectivity index (χ4v) is 2.17. The van der Waals surface area contributed by atoms with E-state index in [-0.39, 0.29) is 11.9 Å². The molecule has 19 heavy (non-hydrogen) atoms. The minimum Gasteiger partial charge on any atom is -0.497 e. The molecule has 0 fully saturated rings. The lowest BCUT2D eigenvalue weighted by Gasteiger charge is -2.21. The number of amides is 1. The molecule has 2 unspecified atom stereocenters. The lowest BCUT2D eigenvalue weighted by atomic mass is 10.0. The predicted molar refractivity (Wildman–Crippen MR) is 72.9 cm³/mol. The third kappa shape index (κ3) is 3.58. The Labute approximate surface area is 113 Å². The molecule has 0 heterocycles. The van der Waals surface area contributed by atoms with Crippen LogP contribution >= 0.6 is 0 Å². The van der Waals surface area contributed by atoms with E-state index in [0.29, 0.717) is 11.3 Å². The number of rotatable bonds is 4. The minimum atomic E-state index is -1.15. The number of hydrogen-bond acceptors (Lipinski definition) is 3. The molecule has 0 saturated heterocycles. The number of carbonyl (C=O) groups excluding carboxylic acids is 1. The predicted octanol–water partition coefficient (Wildman–Crippen LogP) is 1.95. The summed E-state index contributed by atoms with van der Waals surface area (Å²) in [5, 5.41) is 12.9. The zero-order valence-electron chi connectivity index (χ0n) is 11.0. The first-order valence-electron chi connectivity index (χ1n) is 6.48. The van der Waals surface area contributed by atoms with Crippen LogP contribution in [0.25, 0.3) is 0 Å². The number of methoxy groups -OCH3 is 1. The zero-order chi connectivity index (χ0) is 13.7. The van der Waals surface area contributed by atoms with E-state index in [0.717, 1.165) is 19.3 Å². The topological polar surface area (TPSA) is 58.6 Å². The van der Waals surface area contributed by atoms with Gasteiger partial charge in [-0.3, -0.25) is 4.79 Å². The zero-order valence-corrected chi connectivity index (χ0v) is 11.0. The third-order valence-electron chi connectivity index (χ3n) is 3.27. The van der Waals surface area contributed by atoms with Crippen LogP contribution in [0.2, 0.25) is 0 Å². The summed E-state index contributed by atoms with van der Waals surface area (Å²) in [6.07, 6.45) is 5.75. The number of benzene rings is 1. The second-order valence-electron chi connectivity index (χ2n) is 4.67. The summed E-state index contributed by atoms with van der Waals surface area (Å²) < 4.78 is 5.08. The molecule has 0 spiro atoms. The summed E-state index contributed by atoms with van der Waals surface area (Å²) >= 11 is 0. The Bertz CT molecular complexity index is 470. The molecule has 0 aliphatic heterocycles. The maximum absolute atomic E-state index is 12.0. The van der Waals surface area contributed by atoms with Crippen LogP contribution in [0.4, 0.5) is 0 Å². The van der Waals surface area contributed by atoms with Crippen LogP contribution in [0.3, 0.4) is 0 Å². The maximum atomic E-state index is 12.0. The number of hydrogen-bond donors (Lipinski definition) is 2. The van der Waals surface area contributed by atoms with Crippen molar-refractivity contribution >= 4 is 5.91 Å². The van der Waals surface area contributed by atoms with Crippen LogP contribution in [0.1, 0.15) is 30.9 Å². The van der Waals surface area contributed by atoms with E-state index in [2.05, 4.69) is 17.5 Å². The van der Waals surface area contributed by atoms with Gasteiger partial charge in [0.05, 0.1) is 7.11 Å². The van der Waals surface area contributed by atoms with E-state index in [9.17, 15) is 9.90 Å². The lowest BCUT2D eigenvalue weighted by Crippen LogP contribution is -2.38. The molecule has 2 atom stereocenters. The van der Waals surface area contributed by atoms with Crippen molar-refractivity contribution in [3.05, 3.63) is 42.0 Å². The summed E-state index contributed by atoms with van der Waals surface area (Å²) in [6.45, 7) is 0. The number of carbonyl (C=O) groups is 1. The molecule has 1 amide bonds. The van der Waals surface area contributed by atoms with E-state index in [4.69, 9.17) is 4.74 Å². The fourth-order valence-electron chi connectivity index (χ4n) is 2.17. The van der Waals surface area contributed by atoms with Gasteiger partial charge in [-0.15, -0.1) is 0 Å². The van der Waals surface area contributed by atoms with Crippen molar-refractivity contribution in [2.75, 3.05) is 7.11 Å². The van der Waals surface area contributed by atoms with Crippen LogP contribution in [-0.2, 0) is 4.79 Å². The lowest BCUT2D eigenvalue weighted by molar-refractivity contribution is -0.130. The number of aliphatic hydroxyl groups excluding tert-OH is 1. The van der Waals surface area contributed by atoms with Crippen LogP contribution in [-0.4, -0.2) is 24.2 Å². The Morgan fingerprint density at radius 2 is 2.32 bits per heavy atom. The van der Waals surface area contributed by atoms with E-state index >= 15 is 0 Å². The van der Waals surface area contributed by atoms with Gasteiger partial charge in [0.2, 0.25) is 0 Å². The molecule has 1 aliphatic rings. The van der Waals surface area contributed by atoms with Gasteiger partial charge in [0.1, 0.15) is 5.75 Å². The Balaban J connectivity index is 1.99. The maximum Gasteiger partial charge on any atom is 0.253 e. The monoisotopic (exact) mass is 261 g/mol. The molecule has 4 heteroatoms. The third-order valence-corrected chi connectivity index (χ3v) is 3.27. The molecule has 1 aliphatic carbocycles. The highest BCUT2D eigenvalue weighted by molar-refractivity contribution is 5.82. The fraction of sp³-hybridized carbons (Fsp3) is 0.400. The largest absolute Gasteiger partial charge is 0.497 e. The SMILES string of the molecule is COc1cccc(C(O)C(=O)NC2CC=CCC2)c1. The molecule has 0 aromatic heterocycles. The molecule has 1 aromatic carbocycles. The van der Waals surface area contributed by atoms with Crippen molar-refractivity contribution in [2.24, 2.45) is 0 Å². The van der Waals surface area contributed by atoms with Gasteiger partial charge in [-0.2, -0.15) is 0 Å². The van der Waals surface area contributed by atoms with Gasteiger partial charge in [0.15, 0.2) is 6.10 Å². The molecule has 1 aromatic rings. The van der Waals surface area contributed by atoms with Crippen molar-refractivity contribution in [1.82, 2.24) is 5.32 Å². The van der Waals surface area contributed by atoms with Gasteiger partial charge in [-0.1, -0.05) is 24.3 Å². The summed E-state index contributed by atoms with van der Waals surface area (Å²) in [4.78, 5) is 12.0. The first-order valence-corrected chi connectivity index (χ1v) is 6.48. The highest BCUT2D eigenvalue weighted by Gasteiger charge is 2.21. The Kier molecular flexibility index (Phi) is 4.58. The van der Waals surface area contributed by atoms with Crippen LogP contribution in [0, 0.1) is 0 Å². The first kappa shape index (κ1) is 13.6. The average molecular weight is 261 g/mol. The second kappa shape index (κ2) is 6.38. The molecule has 2 N–H and O–H groups in total. The van der Waals surface area contributed by atoms with Crippen LogP contribution < -0.4 is 10.1 Å². The molecule has 0 radical (unpaired) electrons. The van der Waals surface area contributed by atoms with E-state index in [1.165, 1.54) is 0 Å². The molecule has 0 saturated carbocycles. The normalized spacial score (nSPS) is 19.8. The minimum absolute atomic E-state index is 0.123. The van der Waals surface area contributed by atoms with E-state index in [1.54, 1.807) is 31.4 Å². The molecule has 2 rings (SSSR count).